The van der Waals surface area contributed by atoms with Gasteiger partial charge in [-0.2, -0.15) is 0 Å². The average molecular weight is 140 g/mol. The molecule has 0 aromatic rings. The molecule has 0 spiro atoms. The van der Waals surface area contributed by atoms with Crippen molar-refractivity contribution < 1.29 is 29.1 Å². The topological polar surface area (TPSA) is 118 Å². The summed E-state index contributed by atoms with van der Waals surface area (Å²) < 4.78 is 8.74. The Morgan fingerprint density at radius 2 is 1.12 bits per heavy atom. The predicted molar refractivity (Wildman–Crippen MR) is 23.3 cm³/mol. The van der Waals surface area contributed by atoms with E-state index in [1.807, 2.05) is 0 Å². The van der Waals surface area contributed by atoms with E-state index in [4.69, 9.17) is 29.1 Å². The molecule has 0 aromatic heterocycles. The Labute approximate surface area is 46.7 Å². The van der Waals surface area contributed by atoms with Crippen LogP contribution in [-0.2, 0) is 4.46 Å². The molecule has 0 aliphatic carbocycles. The first-order valence-electron chi connectivity index (χ1n) is 1.43. The fourth-order valence-electron chi connectivity index (χ4n) is 0. The Morgan fingerprint density at radius 1 is 1.12 bits per heavy atom. The minimum absolute atomic E-state index is 2.17. The lowest BCUT2D eigenvalue weighted by Crippen LogP contribution is -2.07. The van der Waals surface area contributed by atoms with Gasteiger partial charge in [-0.1, -0.05) is 0 Å². The second-order valence-electron chi connectivity index (χ2n) is 0.629. The van der Waals surface area contributed by atoms with Gasteiger partial charge in [0.25, 0.3) is 0 Å². The zero-order valence-corrected chi connectivity index (χ0v) is 4.72. The van der Waals surface area contributed by atoms with Crippen LogP contribution in [0.15, 0.2) is 0 Å². The predicted octanol–water partition coefficient (Wildman–Crippen LogP) is -3.67. The lowest BCUT2D eigenvalue weighted by atomic mass is 10.3. The van der Waals surface area contributed by atoms with Gasteiger partial charge in [0.1, 0.15) is 0 Å². The molecule has 0 aliphatic heterocycles. The van der Waals surface area contributed by atoms with Gasteiger partial charge in [-0.25, -0.2) is 0 Å². The van der Waals surface area contributed by atoms with Crippen LogP contribution in [0.4, 0.5) is 0 Å². The molecule has 0 saturated carbocycles. The molecule has 8 heavy (non-hydrogen) atoms. The van der Waals surface area contributed by atoms with Crippen molar-refractivity contribution in [2.75, 3.05) is 0 Å². The summed E-state index contributed by atoms with van der Waals surface area (Å²) in [5, 5.41) is 21.5. The fraction of sp³-hybridized carbons (Fsp3) is 0. The Hall–Kier alpha value is -0.438. The van der Waals surface area contributed by atoms with Crippen molar-refractivity contribution in [1.29, 1.82) is 0 Å². The molecule has 0 amide bonds. The first-order chi connectivity index (χ1) is 3.46. The Bertz CT molecular complexity index is 52.8. The average Bonchev–Trinajstić information content (AvgIpc) is 1.25. The molecule has 0 saturated heterocycles. The molecule has 6 nitrogen and oxygen atoms in total. The first-order valence-corrected chi connectivity index (χ1v) is 2.73. The molecule has 8 heteroatoms. The van der Waals surface area contributed by atoms with Gasteiger partial charge in [-0.3, -0.25) is 4.46 Å². The second kappa shape index (κ2) is 6.56. The minimum atomic E-state index is -3.13. The summed E-state index contributed by atoms with van der Waals surface area (Å²) in [5.74, 6) is 0. The monoisotopic (exact) mass is 140 g/mol. The summed E-state index contributed by atoms with van der Waals surface area (Å²) >= 11 is 0. The van der Waals surface area contributed by atoms with Crippen LogP contribution in [0, 0.1) is 0 Å². The lowest BCUT2D eigenvalue weighted by Gasteiger charge is -1.69. The number of hydrogen-bond donors (Lipinski definition) is 5. The quantitative estimate of drug-likeness (QED) is 0.221. The zero-order valence-electron chi connectivity index (χ0n) is 3.72. The van der Waals surface area contributed by atoms with Gasteiger partial charge in [0.05, 0.1) is 0 Å². The minimum Gasteiger partial charge on any atom is -0.511 e. The van der Waals surface area contributed by atoms with Crippen LogP contribution in [0.1, 0.15) is 0 Å². The van der Waals surface area contributed by atoms with E-state index in [9.17, 15) is 0 Å². The van der Waals surface area contributed by atoms with Gasteiger partial charge in [0, 0.05) is 0 Å². The van der Waals surface area contributed by atoms with Crippen LogP contribution in [-0.4, -0.2) is 41.2 Å². The van der Waals surface area contributed by atoms with Crippen molar-refractivity contribution in [3.8, 4) is 0 Å². The highest BCUT2D eigenvalue weighted by atomic mass is 28.3. The summed E-state index contributed by atoms with van der Waals surface area (Å²) in [6.45, 7) is 0. The SMILES string of the molecule is O=[Si](O)O.OB(O)O. The summed E-state index contributed by atoms with van der Waals surface area (Å²) in [4.78, 5) is 14.3. The molecule has 0 unspecified atom stereocenters. The third kappa shape index (κ3) is 603. The van der Waals surface area contributed by atoms with Crippen LogP contribution in [0.5, 0.6) is 0 Å². The van der Waals surface area contributed by atoms with E-state index in [1.54, 1.807) is 0 Å². The van der Waals surface area contributed by atoms with Gasteiger partial charge in [-0.15, -0.1) is 0 Å². The van der Waals surface area contributed by atoms with Crippen LogP contribution < -0.4 is 0 Å². The molecule has 48 valence electrons. The zero-order chi connectivity index (χ0) is 7.15. The first kappa shape index (κ1) is 10.5. The van der Waals surface area contributed by atoms with Gasteiger partial charge in [-0.05, 0) is 0 Å². The van der Waals surface area contributed by atoms with Crippen molar-refractivity contribution >= 4 is 16.5 Å². The standard InChI is InChI=1S/BH3O3.H2O3Si/c2-1(3)4;1-4(2)3/h2-4H;1-2H. The van der Waals surface area contributed by atoms with Crippen molar-refractivity contribution in [3.05, 3.63) is 0 Å². The normalized spacial score (nSPS) is 6.38. The molecule has 0 aromatic carbocycles. The maximum absolute atomic E-state index is 8.74. The van der Waals surface area contributed by atoms with Gasteiger partial charge in [0.15, 0.2) is 0 Å². The molecular weight excluding hydrogens is 135 g/mol. The molecule has 5 N–H and O–H groups in total. The lowest BCUT2D eigenvalue weighted by molar-refractivity contribution is 0.278. The Kier molecular flexibility index (Phi) is 8.63. The Morgan fingerprint density at radius 3 is 1.12 bits per heavy atom. The van der Waals surface area contributed by atoms with Gasteiger partial charge in [0.2, 0.25) is 0 Å². The van der Waals surface area contributed by atoms with E-state index in [2.05, 4.69) is 0 Å². The number of hydrogen-bond acceptors (Lipinski definition) is 4. The van der Waals surface area contributed by atoms with Crippen molar-refractivity contribution in [3.63, 3.8) is 0 Å². The third-order valence-electron chi connectivity index (χ3n) is 0. The van der Waals surface area contributed by atoms with Crippen LogP contribution in [0.25, 0.3) is 0 Å². The van der Waals surface area contributed by atoms with Crippen LogP contribution >= 0.6 is 0 Å². The summed E-state index contributed by atoms with van der Waals surface area (Å²) in [6, 6.07) is 0. The summed E-state index contributed by atoms with van der Waals surface area (Å²) in [5.41, 5.74) is 0. The molecule has 0 rings (SSSR count). The van der Waals surface area contributed by atoms with Gasteiger partial charge >= 0.3 is 16.5 Å². The maximum atomic E-state index is 8.74. The van der Waals surface area contributed by atoms with Crippen molar-refractivity contribution in [1.82, 2.24) is 0 Å². The fourth-order valence-corrected chi connectivity index (χ4v) is 0. The third-order valence-corrected chi connectivity index (χ3v) is 0. The largest absolute Gasteiger partial charge is 0.761 e. The van der Waals surface area contributed by atoms with E-state index < -0.39 is 16.5 Å². The van der Waals surface area contributed by atoms with Gasteiger partial charge < -0.3 is 24.7 Å². The van der Waals surface area contributed by atoms with Crippen LogP contribution in [0.3, 0.4) is 0 Å². The van der Waals surface area contributed by atoms with E-state index in [0.29, 0.717) is 0 Å². The molecule has 0 aliphatic rings. The molecular formula is H5BO6Si. The summed E-state index contributed by atoms with van der Waals surface area (Å²) in [7, 11) is -5.30. The molecule has 0 heterocycles. The molecule has 0 fully saturated rings. The van der Waals surface area contributed by atoms with Crippen LogP contribution in [0.2, 0.25) is 0 Å². The highest BCUT2D eigenvalue weighted by molar-refractivity contribution is 6.30. The highest BCUT2D eigenvalue weighted by Crippen LogP contribution is 1.40. The molecule has 0 atom stereocenters. The second-order valence-corrected chi connectivity index (χ2v) is 1.19. The van der Waals surface area contributed by atoms with Crippen molar-refractivity contribution in [2.24, 2.45) is 0 Å². The summed E-state index contributed by atoms with van der Waals surface area (Å²) in [6.07, 6.45) is 0. The van der Waals surface area contributed by atoms with E-state index in [0.717, 1.165) is 0 Å². The smallest absolute Gasteiger partial charge is 0.511 e. The number of rotatable bonds is 0. The maximum Gasteiger partial charge on any atom is 0.761 e. The Balaban J connectivity index is 0. The van der Waals surface area contributed by atoms with E-state index in [1.165, 1.54) is 0 Å². The van der Waals surface area contributed by atoms with Crippen molar-refractivity contribution in [2.45, 2.75) is 0 Å². The molecule has 0 bridgehead atoms. The van der Waals surface area contributed by atoms with E-state index >= 15 is 0 Å². The highest BCUT2D eigenvalue weighted by Gasteiger charge is 1.92. The molecule has 0 radical (unpaired) electrons. The van der Waals surface area contributed by atoms with E-state index in [-0.39, 0.29) is 0 Å².